The van der Waals surface area contributed by atoms with Crippen LogP contribution in [0.25, 0.3) is 0 Å². The molecule has 1 aromatic rings. The fraction of sp³-hybridized carbons (Fsp3) is 0.462. The summed E-state index contributed by atoms with van der Waals surface area (Å²) < 4.78 is 5.48. The van der Waals surface area contributed by atoms with Crippen LogP contribution in [-0.2, 0) is 11.3 Å². The van der Waals surface area contributed by atoms with Gasteiger partial charge in [0.15, 0.2) is 0 Å². The number of amides is 1. The third kappa shape index (κ3) is 3.02. The molecule has 0 bridgehead atoms. The molecule has 1 fully saturated rings. The number of nitrogens with two attached hydrogens (primary N) is 1. The zero-order valence-electron chi connectivity index (χ0n) is 10.3. The van der Waals surface area contributed by atoms with Crippen molar-refractivity contribution in [3.63, 3.8) is 0 Å². The second-order valence-corrected chi connectivity index (χ2v) is 4.93. The van der Waals surface area contributed by atoms with Gasteiger partial charge in [-0.15, -0.1) is 0 Å². The maximum atomic E-state index is 11.0. The minimum atomic E-state index is -0.464. The number of benzene rings is 1. The summed E-state index contributed by atoms with van der Waals surface area (Å²) in [6.45, 7) is 3.52. The van der Waals surface area contributed by atoms with Crippen molar-refractivity contribution >= 4 is 17.5 Å². The molecule has 0 spiro atoms. The molecule has 1 aliphatic rings. The Kier molecular flexibility index (Phi) is 4.22. The maximum Gasteiger partial charge on any atom is 0.248 e. The summed E-state index contributed by atoms with van der Waals surface area (Å²) in [6.07, 6.45) is 1.24. The molecule has 0 aromatic heterocycles. The molecule has 4 nitrogen and oxygen atoms in total. The molecule has 1 aromatic carbocycles. The van der Waals surface area contributed by atoms with Crippen molar-refractivity contribution in [1.82, 2.24) is 5.32 Å². The van der Waals surface area contributed by atoms with Crippen molar-refractivity contribution in [3.05, 3.63) is 34.3 Å². The SMILES string of the molecule is CC1OCCC1NCc1ccc(C(N)=O)cc1Cl. The standard InChI is InChI=1S/C13H17ClN2O2/c1-8-12(4-5-18-8)16-7-10-3-2-9(13(15)17)6-11(10)14/h2-3,6,8,12,16H,4-5,7H2,1H3,(H2,15,17). The van der Waals surface area contributed by atoms with Crippen LogP contribution in [0.3, 0.4) is 0 Å². The maximum absolute atomic E-state index is 11.0. The molecular weight excluding hydrogens is 252 g/mol. The number of nitrogens with one attached hydrogen (secondary N) is 1. The first kappa shape index (κ1) is 13.3. The summed E-state index contributed by atoms with van der Waals surface area (Å²) in [6, 6.07) is 5.49. The van der Waals surface area contributed by atoms with Crippen LogP contribution in [0.5, 0.6) is 0 Å². The molecule has 3 N–H and O–H groups in total. The van der Waals surface area contributed by atoms with Crippen LogP contribution < -0.4 is 11.1 Å². The lowest BCUT2D eigenvalue weighted by Gasteiger charge is -2.16. The lowest BCUT2D eigenvalue weighted by Crippen LogP contribution is -2.34. The Labute approximate surface area is 111 Å². The van der Waals surface area contributed by atoms with Gasteiger partial charge in [0.1, 0.15) is 0 Å². The van der Waals surface area contributed by atoms with Gasteiger partial charge in [-0.3, -0.25) is 4.79 Å². The quantitative estimate of drug-likeness (QED) is 0.874. The summed E-state index contributed by atoms with van der Waals surface area (Å²) in [5.74, 6) is -0.464. The zero-order valence-corrected chi connectivity index (χ0v) is 11.0. The second kappa shape index (κ2) is 5.69. The zero-order chi connectivity index (χ0) is 13.1. The molecule has 0 aliphatic carbocycles. The Hall–Kier alpha value is -1.10. The van der Waals surface area contributed by atoms with E-state index in [2.05, 4.69) is 12.2 Å². The first-order valence-electron chi connectivity index (χ1n) is 6.01. The topological polar surface area (TPSA) is 64.3 Å². The highest BCUT2D eigenvalue weighted by Gasteiger charge is 2.23. The van der Waals surface area contributed by atoms with E-state index in [1.165, 1.54) is 0 Å². The van der Waals surface area contributed by atoms with E-state index in [1.54, 1.807) is 12.1 Å². The molecule has 18 heavy (non-hydrogen) atoms. The van der Waals surface area contributed by atoms with E-state index < -0.39 is 5.91 Å². The smallest absolute Gasteiger partial charge is 0.248 e. The van der Waals surface area contributed by atoms with E-state index in [-0.39, 0.29) is 6.10 Å². The van der Waals surface area contributed by atoms with E-state index in [9.17, 15) is 4.79 Å². The van der Waals surface area contributed by atoms with E-state index >= 15 is 0 Å². The van der Waals surface area contributed by atoms with Crippen LogP contribution in [0, 0.1) is 0 Å². The van der Waals surface area contributed by atoms with Crippen LogP contribution in [0.15, 0.2) is 18.2 Å². The van der Waals surface area contributed by atoms with E-state index in [0.717, 1.165) is 18.6 Å². The molecular formula is C13H17ClN2O2. The number of carbonyl (C=O) groups excluding carboxylic acids is 1. The van der Waals surface area contributed by atoms with Crippen LogP contribution in [-0.4, -0.2) is 24.7 Å². The third-order valence-electron chi connectivity index (χ3n) is 3.27. The van der Waals surface area contributed by atoms with E-state index in [4.69, 9.17) is 22.1 Å². The average molecular weight is 269 g/mol. The Bertz CT molecular complexity index is 451. The molecule has 0 saturated carbocycles. The van der Waals surface area contributed by atoms with Gasteiger partial charge < -0.3 is 15.8 Å². The predicted octanol–water partition coefficient (Wildman–Crippen LogP) is 1.71. The van der Waals surface area contributed by atoms with E-state index in [1.807, 2.05) is 6.07 Å². The average Bonchev–Trinajstić information content (AvgIpc) is 2.73. The van der Waals surface area contributed by atoms with Gasteiger partial charge in [0.25, 0.3) is 0 Å². The fourth-order valence-electron chi connectivity index (χ4n) is 2.08. The van der Waals surface area contributed by atoms with Crippen molar-refractivity contribution in [1.29, 1.82) is 0 Å². The molecule has 1 aliphatic heterocycles. The van der Waals surface area contributed by atoms with Crippen molar-refractivity contribution in [2.45, 2.75) is 32.0 Å². The minimum absolute atomic E-state index is 0.230. The van der Waals surface area contributed by atoms with Crippen LogP contribution >= 0.6 is 11.6 Å². The molecule has 98 valence electrons. The largest absolute Gasteiger partial charge is 0.377 e. The molecule has 1 saturated heterocycles. The van der Waals surface area contributed by atoms with Crippen molar-refractivity contribution < 1.29 is 9.53 Å². The van der Waals surface area contributed by atoms with Crippen LogP contribution in [0.4, 0.5) is 0 Å². The highest BCUT2D eigenvalue weighted by Crippen LogP contribution is 2.19. The fourth-order valence-corrected chi connectivity index (χ4v) is 2.33. The Balaban J connectivity index is 1.99. The van der Waals surface area contributed by atoms with Gasteiger partial charge in [-0.05, 0) is 31.0 Å². The van der Waals surface area contributed by atoms with Gasteiger partial charge in [-0.1, -0.05) is 17.7 Å². The van der Waals surface area contributed by atoms with Gasteiger partial charge in [-0.25, -0.2) is 0 Å². The van der Waals surface area contributed by atoms with Crippen molar-refractivity contribution in [2.75, 3.05) is 6.61 Å². The van der Waals surface area contributed by atoms with Gasteiger partial charge >= 0.3 is 0 Å². The van der Waals surface area contributed by atoms with Gasteiger partial charge in [0.2, 0.25) is 5.91 Å². The van der Waals surface area contributed by atoms with Crippen molar-refractivity contribution in [2.24, 2.45) is 5.73 Å². The summed E-state index contributed by atoms with van der Waals surface area (Å²) in [5.41, 5.74) is 6.59. The van der Waals surface area contributed by atoms with Crippen LogP contribution in [0.2, 0.25) is 5.02 Å². The first-order chi connectivity index (χ1) is 8.58. The minimum Gasteiger partial charge on any atom is -0.377 e. The molecule has 0 radical (unpaired) electrons. The first-order valence-corrected chi connectivity index (χ1v) is 6.39. The number of rotatable bonds is 4. The molecule has 2 rings (SSSR count). The molecule has 1 heterocycles. The highest BCUT2D eigenvalue weighted by atomic mass is 35.5. The van der Waals surface area contributed by atoms with Crippen LogP contribution in [0.1, 0.15) is 29.3 Å². The molecule has 1 amide bonds. The second-order valence-electron chi connectivity index (χ2n) is 4.52. The number of hydrogen-bond donors (Lipinski definition) is 2. The monoisotopic (exact) mass is 268 g/mol. The number of halogens is 1. The van der Waals surface area contributed by atoms with Gasteiger partial charge in [0, 0.05) is 29.8 Å². The Morgan fingerprint density at radius 1 is 1.61 bits per heavy atom. The summed E-state index contributed by atoms with van der Waals surface area (Å²) in [7, 11) is 0. The molecule has 2 unspecified atom stereocenters. The van der Waals surface area contributed by atoms with Gasteiger partial charge in [-0.2, -0.15) is 0 Å². The lowest BCUT2D eigenvalue weighted by atomic mass is 10.1. The van der Waals surface area contributed by atoms with Gasteiger partial charge in [0.05, 0.1) is 6.10 Å². The normalized spacial score (nSPS) is 23.2. The number of hydrogen-bond acceptors (Lipinski definition) is 3. The molecule has 2 atom stereocenters. The molecule has 5 heteroatoms. The van der Waals surface area contributed by atoms with E-state index in [0.29, 0.717) is 23.2 Å². The number of carbonyl (C=O) groups is 1. The number of primary amides is 1. The number of ether oxygens (including phenoxy) is 1. The highest BCUT2D eigenvalue weighted by molar-refractivity contribution is 6.31. The summed E-state index contributed by atoms with van der Waals surface area (Å²) in [4.78, 5) is 11.0. The predicted molar refractivity (Wildman–Crippen MR) is 70.6 cm³/mol. The Morgan fingerprint density at radius 3 is 2.94 bits per heavy atom. The van der Waals surface area contributed by atoms with Crippen molar-refractivity contribution in [3.8, 4) is 0 Å². The third-order valence-corrected chi connectivity index (χ3v) is 3.62. The lowest BCUT2D eigenvalue weighted by molar-refractivity contribution is 0.1000. The Morgan fingerprint density at radius 2 is 2.39 bits per heavy atom. The summed E-state index contributed by atoms with van der Waals surface area (Å²) in [5, 5.41) is 3.97. The summed E-state index contributed by atoms with van der Waals surface area (Å²) >= 11 is 6.12.